The van der Waals surface area contributed by atoms with Crippen LogP contribution >= 0.6 is 0 Å². The monoisotopic (exact) mass is 456 g/mol. The molecule has 34 heavy (non-hydrogen) atoms. The molecule has 174 valence electrons. The van der Waals surface area contributed by atoms with Gasteiger partial charge >= 0.3 is 0 Å². The molecule has 2 aromatic carbocycles. The first-order valence-corrected chi connectivity index (χ1v) is 11.5. The zero-order chi connectivity index (χ0) is 23.5. The topological polar surface area (TPSA) is 111 Å². The molecular formula is C26H28N6O2. The molecular weight excluding hydrogens is 428 g/mol. The molecule has 2 heterocycles. The lowest BCUT2D eigenvalue weighted by Crippen LogP contribution is -2.39. The van der Waals surface area contributed by atoms with Crippen molar-refractivity contribution in [2.75, 3.05) is 5.73 Å². The van der Waals surface area contributed by atoms with E-state index in [9.17, 15) is 5.11 Å². The Kier molecular flexibility index (Phi) is 6.24. The lowest BCUT2D eigenvalue weighted by atomic mass is 9.91. The minimum atomic E-state index is -0.680. The summed E-state index contributed by atoms with van der Waals surface area (Å²) in [7, 11) is 0. The maximum Gasteiger partial charge on any atom is 0.164 e. The van der Waals surface area contributed by atoms with E-state index in [1.165, 1.54) is 12.4 Å². The summed E-state index contributed by atoms with van der Waals surface area (Å²) in [6.45, 7) is 3.63. The predicted octanol–water partition coefficient (Wildman–Crippen LogP) is 4.45. The molecule has 1 saturated carbocycles. The van der Waals surface area contributed by atoms with Gasteiger partial charge in [0.25, 0.3) is 0 Å². The van der Waals surface area contributed by atoms with E-state index in [2.05, 4.69) is 21.9 Å². The largest absolute Gasteiger partial charge is 0.457 e. The maximum absolute atomic E-state index is 9.81. The lowest BCUT2D eigenvalue weighted by Gasteiger charge is -2.30. The molecule has 0 radical (unpaired) electrons. The third-order valence-corrected chi connectivity index (χ3v) is 6.30. The van der Waals surface area contributed by atoms with Crippen molar-refractivity contribution >= 4 is 16.9 Å². The van der Waals surface area contributed by atoms with Gasteiger partial charge in [-0.05, 0) is 68.2 Å². The SMILES string of the molecule is C=CC(O)NC1CCC(n2nc(-c3ccc(Oc4ccccc4)cc3)c3c(N)ncnc32)CC1. The fraction of sp³-hybridized carbons (Fsp3) is 0.269. The highest BCUT2D eigenvalue weighted by atomic mass is 16.5. The number of para-hydroxylation sites is 1. The van der Waals surface area contributed by atoms with Gasteiger partial charge in [0, 0.05) is 11.6 Å². The highest BCUT2D eigenvalue weighted by Crippen LogP contribution is 2.36. The van der Waals surface area contributed by atoms with E-state index in [1.54, 1.807) is 0 Å². The van der Waals surface area contributed by atoms with Gasteiger partial charge < -0.3 is 15.6 Å². The summed E-state index contributed by atoms with van der Waals surface area (Å²) < 4.78 is 7.92. The van der Waals surface area contributed by atoms with Crippen LogP contribution in [-0.2, 0) is 0 Å². The van der Waals surface area contributed by atoms with Crippen LogP contribution in [0, 0.1) is 0 Å². The van der Waals surface area contributed by atoms with E-state index in [1.807, 2.05) is 59.3 Å². The van der Waals surface area contributed by atoms with Crippen LogP contribution in [0.2, 0.25) is 0 Å². The number of hydrogen-bond donors (Lipinski definition) is 3. The normalized spacial score (nSPS) is 19.1. The summed E-state index contributed by atoms with van der Waals surface area (Å²) in [6.07, 6.45) is 6.02. The number of fused-ring (bicyclic) bond motifs is 1. The second kappa shape index (κ2) is 9.62. The highest BCUT2D eigenvalue weighted by molar-refractivity contribution is 5.98. The van der Waals surface area contributed by atoms with Gasteiger partial charge in [-0.3, -0.25) is 5.32 Å². The van der Waals surface area contributed by atoms with Crippen molar-refractivity contribution in [3.63, 3.8) is 0 Å². The van der Waals surface area contributed by atoms with E-state index >= 15 is 0 Å². The van der Waals surface area contributed by atoms with Crippen LogP contribution in [0.3, 0.4) is 0 Å². The third kappa shape index (κ3) is 4.50. The molecule has 0 aliphatic heterocycles. The van der Waals surface area contributed by atoms with Gasteiger partial charge in [0.05, 0.1) is 11.4 Å². The Morgan fingerprint density at radius 1 is 1.03 bits per heavy atom. The molecule has 1 aliphatic carbocycles. The van der Waals surface area contributed by atoms with Gasteiger partial charge in [-0.15, -0.1) is 0 Å². The molecule has 1 aliphatic rings. The number of benzene rings is 2. The van der Waals surface area contributed by atoms with Crippen molar-refractivity contribution in [3.05, 3.63) is 73.6 Å². The Hall–Kier alpha value is -3.75. The average Bonchev–Trinajstić information content (AvgIpc) is 3.26. The van der Waals surface area contributed by atoms with Crippen LogP contribution in [0.15, 0.2) is 73.6 Å². The Bertz CT molecular complexity index is 1260. The standard InChI is InChI=1S/C26H28N6O2/c1-2-22(33)30-18-10-12-19(13-11-18)32-26-23(25(27)28-16-29-26)24(31-32)17-8-14-21(15-9-17)34-20-6-4-3-5-7-20/h2-9,14-16,18-19,22,30,33H,1,10-13H2,(H2,27,28,29). The molecule has 5 rings (SSSR count). The quantitative estimate of drug-likeness (QED) is 0.278. The van der Waals surface area contributed by atoms with Crippen LogP contribution < -0.4 is 15.8 Å². The van der Waals surface area contributed by atoms with Crippen molar-refractivity contribution < 1.29 is 9.84 Å². The summed E-state index contributed by atoms with van der Waals surface area (Å²) in [5.41, 5.74) is 8.72. The van der Waals surface area contributed by atoms with E-state index in [4.69, 9.17) is 15.6 Å². The second-order valence-electron chi connectivity index (χ2n) is 8.54. The number of rotatable bonds is 7. The van der Waals surface area contributed by atoms with Gasteiger partial charge in [-0.1, -0.05) is 24.8 Å². The van der Waals surface area contributed by atoms with Crippen molar-refractivity contribution in [3.8, 4) is 22.8 Å². The average molecular weight is 457 g/mol. The van der Waals surface area contributed by atoms with Crippen LogP contribution in [0.5, 0.6) is 11.5 Å². The molecule has 0 amide bonds. The number of aliphatic hydroxyl groups excluding tert-OH is 1. The summed E-state index contributed by atoms with van der Waals surface area (Å²) in [4.78, 5) is 8.75. The molecule has 4 N–H and O–H groups in total. The fourth-order valence-corrected chi connectivity index (χ4v) is 4.55. The number of aromatic nitrogens is 4. The van der Waals surface area contributed by atoms with Crippen molar-refractivity contribution in [2.24, 2.45) is 0 Å². The molecule has 4 aromatic rings. The molecule has 1 unspecified atom stereocenters. The Morgan fingerprint density at radius 2 is 1.74 bits per heavy atom. The summed E-state index contributed by atoms with van der Waals surface area (Å²) in [6, 6.07) is 17.9. The first-order chi connectivity index (χ1) is 16.6. The molecule has 0 bridgehead atoms. The summed E-state index contributed by atoms with van der Waals surface area (Å²) in [5, 5.41) is 18.7. The molecule has 1 fully saturated rings. The number of hydrogen-bond acceptors (Lipinski definition) is 7. The molecule has 8 nitrogen and oxygen atoms in total. The Labute approximate surface area is 198 Å². The number of ether oxygens (including phenoxy) is 1. The van der Waals surface area contributed by atoms with E-state index in [-0.39, 0.29) is 12.1 Å². The molecule has 2 aromatic heterocycles. The van der Waals surface area contributed by atoms with E-state index in [0.717, 1.165) is 59.5 Å². The van der Waals surface area contributed by atoms with Gasteiger partial charge in [0.1, 0.15) is 35.6 Å². The van der Waals surface area contributed by atoms with Crippen molar-refractivity contribution in [2.45, 2.75) is 44.0 Å². The Morgan fingerprint density at radius 3 is 2.44 bits per heavy atom. The highest BCUT2D eigenvalue weighted by Gasteiger charge is 2.27. The van der Waals surface area contributed by atoms with E-state index in [0.29, 0.717) is 5.82 Å². The lowest BCUT2D eigenvalue weighted by molar-refractivity contribution is 0.147. The number of anilines is 1. The second-order valence-corrected chi connectivity index (χ2v) is 8.54. The van der Waals surface area contributed by atoms with Crippen LogP contribution in [-0.4, -0.2) is 37.1 Å². The summed E-state index contributed by atoms with van der Waals surface area (Å²) in [5.74, 6) is 1.95. The van der Waals surface area contributed by atoms with Crippen molar-refractivity contribution in [1.29, 1.82) is 0 Å². The first-order valence-electron chi connectivity index (χ1n) is 11.5. The summed E-state index contributed by atoms with van der Waals surface area (Å²) >= 11 is 0. The van der Waals surface area contributed by atoms with E-state index < -0.39 is 6.23 Å². The number of aliphatic hydroxyl groups is 1. The van der Waals surface area contributed by atoms with Gasteiger partial charge in [0.15, 0.2) is 5.65 Å². The fourth-order valence-electron chi connectivity index (χ4n) is 4.55. The van der Waals surface area contributed by atoms with Crippen LogP contribution in [0.4, 0.5) is 5.82 Å². The minimum absolute atomic E-state index is 0.199. The maximum atomic E-state index is 9.81. The molecule has 0 saturated heterocycles. The Balaban J connectivity index is 1.41. The zero-order valence-corrected chi connectivity index (χ0v) is 18.8. The van der Waals surface area contributed by atoms with Gasteiger partial charge in [-0.25, -0.2) is 14.6 Å². The van der Waals surface area contributed by atoms with Crippen LogP contribution in [0.1, 0.15) is 31.7 Å². The third-order valence-electron chi connectivity index (χ3n) is 6.30. The minimum Gasteiger partial charge on any atom is -0.457 e. The van der Waals surface area contributed by atoms with Gasteiger partial charge in [-0.2, -0.15) is 5.10 Å². The smallest absolute Gasteiger partial charge is 0.164 e. The molecule has 8 heteroatoms. The zero-order valence-electron chi connectivity index (χ0n) is 18.8. The van der Waals surface area contributed by atoms with Crippen LogP contribution in [0.25, 0.3) is 22.3 Å². The van der Waals surface area contributed by atoms with Crippen molar-refractivity contribution in [1.82, 2.24) is 25.1 Å². The predicted molar refractivity (Wildman–Crippen MR) is 132 cm³/mol. The number of nitrogens with zero attached hydrogens (tertiary/aromatic N) is 4. The molecule has 1 atom stereocenters. The number of nitrogen functional groups attached to an aromatic ring is 1. The first kappa shape index (κ1) is 22.1. The number of nitrogens with two attached hydrogens (primary N) is 1. The molecule has 0 spiro atoms. The van der Waals surface area contributed by atoms with Gasteiger partial charge in [0.2, 0.25) is 0 Å². The number of nitrogens with one attached hydrogen (secondary N) is 1.